The van der Waals surface area contributed by atoms with Crippen LogP contribution in [0.3, 0.4) is 0 Å². The van der Waals surface area contributed by atoms with E-state index < -0.39 is 51.5 Å². The fourth-order valence-corrected chi connectivity index (χ4v) is 8.08. The first-order valence-corrected chi connectivity index (χ1v) is 15.8. The summed E-state index contributed by atoms with van der Waals surface area (Å²) >= 11 is 12.6. The van der Waals surface area contributed by atoms with Crippen LogP contribution < -0.4 is 0 Å². The zero-order valence-electron chi connectivity index (χ0n) is 22.3. The maximum Gasteiger partial charge on any atom is 0.304 e. The Kier molecular flexibility index (Phi) is 8.21. The average molecular weight is 619 g/mol. The van der Waals surface area contributed by atoms with Crippen molar-refractivity contribution in [3.8, 4) is 0 Å². The predicted octanol–water partition coefficient (Wildman–Crippen LogP) is 6.92. The Morgan fingerprint density at radius 1 is 1.02 bits per heavy atom. The van der Waals surface area contributed by atoms with Gasteiger partial charge in [-0.25, -0.2) is 12.8 Å². The molecule has 1 heterocycles. The van der Waals surface area contributed by atoms with Gasteiger partial charge in [0.2, 0.25) is 5.91 Å². The fraction of sp³-hybridized carbons (Fsp3) is 0.355. The van der Waals surface area contributed by atoms with E-state index in [-0.39, 0.29) is 28.9 Å². The molecule has 0 aromatic heterocycles. The Hall–Kier alpha value is -2.94. The van der Waals surface area contributed by atoms with Gasteiger partial charge in [0.25, 0.3) is 0 Å². The number of likely N-dealkylation sites (tertiary alicyclic amines) is 1. The number of aliphatic carboxylic acids is 1. The Bertz CT molecular complexity index is 1560. The highest BCUT2D eigenvalue weighted by Crippen LogP contribution is 2.54. The van der Waals surface area contributed by atoms with Gasteiger partial charge in [-0.15, -0.1) is 0 Å². The number of hydrogen-bond acceptors (Lipinski definition) is 4. The molecule has 0 spiro atoms. The largest absolute Gasteiger partial charge is 0.481 e. The molecule has 41 heavy (non-hydrogen) atoms. The van der Waals surface area contributed by atoms with Gasteiger partial charge in [0.05, 0.1) is 28.5 Å². The number of carboxylic acid groups (broad SMARTS) is 1. The van der Waals surface area contributed by atoms with Gasteiger partial charge in [-0.3, -0.25) is 9.59 Å². The number of nitrogens with zero attached hydrogens (tertiary/aromatic N) is 1. The van der Waals surface area contributed by atoms with Crippen molar-refractivity contribution in [2.45, 2.75) is 55.5 Å². The zero-order valence-corrected chi connectivity index (χ0v) is 24.7. The quantitative estimate of drug-likeness (QED) is 0.263. The summed E-state index contributed by atoms with van der Waals surface area (Å²) < 4.78 is 40.9. The van der Waals surface area contributed by atoms with E-state index in [4.69, 9.17) is 23.2 Å². The highest BCUT2D eigenvalue weighted by Gasteiger charge is 2.55. The third kappa shape index (κ3) is 6.30. The Balaban J connectivity index is 1.68. The first kappa shape index (κ1) is 29.5. The van der Waals surface area contributed by atoms with Gasteiger partial charge in [0, 0.05) is 22.0 Å². The lowest BCUT2D eigenvalue weighted by Gasteiger charge is -2.52. The Morgan fingerprint density at radius 2 is 1.68 bits per heavy atom. The van der Waals surface area contributed by atoms with E-state index in [0.29, 0.717) is 10.0 Å². The number of carboxylic acids is 1. The van der Waals surface area contributed by atoms with Crippen LogP contribution in [0.1, 0.15) is 55.7 Å². The molecule has 5 rings (SSSR count). The fourth-order valence-electron chi connectivity index (χ4n) is 6.13. The van der Waals surface area contributed by atoms with Crippen molar-refractivity contribution in [2.75, 3.05) is 5.75 Å². The summed E-state index contributed by atoms with van der Waals surface area (Å²) in [6.45, 7) is 1.64. The van der Waals surface area contributed by atoms with E-state index in [1.54, 1.807) is 30.0 Å². The van der Waals surface area contributed by atoms with E-state index in [0.717, 1.165) is 36.1 Å². The van der Waals surface area contributed by atoms with Gasteiger partial charge >= 0.3 is 5.97 Å². The Labute approximate surface area is 249 Å². The molecule has 3 aromatic carbocycles. The molecule has 1 aliphatic heterocycles. The third-order valence-electron chi connectivity index (χ3n) is 8.22. The number of carbonyl (C=O) groups excluding carboxylic acids is 1. The first-order valence-electron chi connectivity index (χ1n) is 13.4. The smallest absolute Gasteiger partial charge is 0.304 e. The number of rotatable bonds is 9. The molecule has 4 atom stereocenters. The van der Waals surface area contributed by atoms with Crippen molar-refractivity contribution in [3.63, 3.8) is 0 Å². The molecule has 216 valence electrons. The summed E-state index contributed by atoms with van der Waals surface area (Å²) in [7, 11) is -3.93. The zero-order chi connectivity index (χ0) is 29.5. The Morgan fingerprint density at radius 3 is 2.27 bits per heavy atom. The number of halogens is 3. The summed E-state index contributed by atoms with van der Waals surface area (Å²) in [4.78, 5) is 28.1. The molecule has 10 heteroatoms. The summed E-state index contributed by atoms with van der Waals surface area (Å²) in [5.74, 6) is -2.90. The summed E-state index contributed by atoms with van der Waals surface area (Å²) in [5, 5.41) is 10.8. The molecule has 1 saturated carbocycles. The number of carbonyl (C=O) groups is 2. The maximum atomic E-state index is 14.5. The second-order valence-electron chi connectivity index (χ2n) is 11.3. The SMILES string of the molecule is C[C@@]1(CC(=O)O)C[C@H](c2cccc(Cl)c2)[C@@H](c2ccc(Cl)cc2)N([C@H](CS(=O)(=O)c2ccc(F)cc2)C2CC2)C1=O. The van der Waals surface area contributed by atoms with Crippen LogP contribution in [0, 0.1) is 17.2 Å². The van der Waals surface area contributed by atoms with Crippen molar-refractivity contribution in [1.82, 2.24) is 4.90 Å². The second kappa shape index (κ2) is 11.4. The van der Waals surface area contributed by atoms with Gasteiger partial charge in [-0.05, 0) is 84.8 Å². The van der Waals surface area contributed by atoms with Crippen molar-refractivity contribution in [2.24, 2.45) is 11.3 Å². The molecule has 6 nitrogen and oxygen atoms in total. The van der Waals surface area contributed by atoms with Crippen molar-refractivity contribution in [3.05, 3.63) is 99.8 Å². The topological polar surface area (TPSA) is 91.8 Å². The molecule has 1 aliphatic carbocycles. The van der Waals surface area contributed by atoms with Crippen LogP contribution >= 0.6 is 23.2 Å². The average Bonchev–Trinajstić information content (AvgIpc) is 3.75. The molecule has 2 aliphatic rings. The van der Waals surface area contributed by atoms with E-state index in [2.05, 4.69) is 0 Å². The lowest BCUT2D eigenvalue weighted by atomic mass is 9.67. The second-order valence-corrected chi connectivity index (χ2v) is 14.3. The van der Waals surface area contributed by atoms with E-state index >= 15 is 0 Å². The molecule has 0 bridgehead atoms. The molecule has 0 unspecified atom stereocenters. The summed E-state index contributed by atoms with van der Waals surface area (Å²) in [6, 6.07) is 17.7. The van der Waals surface area contributed by atoms with Crippen LogP contribution in [-0.2, 0) is 19.4 Å². The summed E-state index contributed by atoms with van der Waals surface area (Å²) in [6.07, 6.45) is 1.29. The van der Waals surface area contributed by atoms with Gasteiger partial charge in [0.1, 0.15) is 5.82 Å². The lowest BCUT2D eigenvalue weighted by Crippen LogP contribution is -2.58. The minimum Gasteiger partial charge on any atom is -0.481 e. The summed E-state index contributed by atoms with van der Waals surface area (Å²) in [5.41, 5.74) is 0.284. The minimum absolute atomic E-state index is 0.0308. The molecule has 2 fully saturated rings. The number of benzene rings is 3. The molecule has 1 amide bonds. The van der Waals surface area contributed by atoms with Crippen LogP contribution in [0.15, 0.2) is 77.7 Å². The van der Waals surface area contributed by atoms with Crippen LogP contribution in [0.2, 0.25) is 10.0 Å². The van der Waals surface area contributed by atoms with Crippen LogP contribution in [0.4, 0.5) is 4.39 Å². The number of amides is 1. The van der Waals surface area contributed by atoms with Crippen molar-refractivity contribution < 1.29 is 27.5 Å². The highest BCUT2D eigenvalue weighted by atomic mass is 35.5. The highest BCUT2D eigenvalue weighted by molar-refractivity contribution is 7.91. The van der Waals surface area contributed by atoms with Crippen LogP contribution in [0.5, 0.6) is 0 Å². The molecule has 1 saturated heterocycles. The first-order chi connectivity index (χ1) is 19.4. The van der Waals surface area contributed by atoms with E-state index in [1.807, 2.05) is 30.3 Å². The molecule has 0 radical (unpaired) electrons. The lowest BCUT2D eigenvalue weighted by molar-refractivity contribution is -0.160. The predicted molar refractivity (Wildman–Crippen MR) is 155 cm³/mol. The monoisotopic (exact) mass is 617 g/mol. The number of piperidine rings is 1. The normalized spacial score (nSPS) is 23.8. The number of sulfone groups is 1. The van der Waals surface area contributed by atoms with E-state index in [9.17, 15) is 27.5 Å². The van der Waals surface area contributed by atoms with E-state index in [1.165, 1.54) is 12.1 Å². The maximum absolute atomic E-state index is 14.5. The molecule has 3 aromatic rings. The van der Waals surface area contributed by atoms with Gasteiger partial charge in [-0.2, -0.15) is 0 Å². The third-order valence-corrected chi connectivity index (χ3v) is 10.5. The minimum atomic E-state index is -3.93. The van der Waals surface area contributed by atoms with Gasteiger partial charge in [-0.1, -0.05) is 54.4 Å². The molecular weight excluding hydrogens is 588 g/mol. The molecular formula is C31H30Cl2FNO5S. The van der Waals surface area contributed by atoms with Gasteiger partial charge < -0.3 is 10.0 Å². The van der Waals surface area contributed by atoms with Crippen molar-refractivity contribution in [1.29, 1.82) is 0 Å². The van der Waals surface area contributed by atoms with Crippen molar-refractivity contribution >= 4 is 44.9 Å². The standard InChI is InChI=1S/C31H30Cl2FNO5S/c1-31(17-28(36)37)16-26(21-3-2-4-23(33)15-21)29(20-7-9-22(32)10-8-20)35(30(31)38)27(19-5-6-19)18-41(39,40)25-13-11-24(34)12-14-25/h2-4,7-15,19,26-27,29H,5-6,16-18H2,1H3,(H,36,37)/t26-,27-,29-,31+/m1/s1. The van der Waals surface area contributed by atoms with Gasteiger partial charge in [0.15, 0.2) is 9.84 Å². The van der Waals surface area contributed by atoms with Crippen LogP contribution in [-0.4, -0.2) is 42.1 Å². The molecule has 1 N–H and O–H groups in total. The van der Waals surface area contributed by atoms with Crippen LogP contribution in [0.25, 0.3) is 0 Å². The number of hydrogen-bond donors (Lipinski definition) is 1.